The average molecular weight is 329 g/mol. The van der Waals surface area contributed by atoms with Crippen LogP contribution in [0.5, 0.6) is 0 Å². The average Bonchev–Trinajstić information content (AvgIpc) is 2.56. The smallest absolute Gasteiger partial charge is 0.290 e. The predicted octanol–water partition coefficient (Wildman–Crippen LogP) is 4.01. The molecule has 2 aromatic carbocycles. The van der Waals surface area contributed by atoms with Gasteiger partial charge in [0.25, 0.3) is 6.47 Å². The molecule has 6 heteroatoms. The SMILES string of the molecule is O=C(Sc1cccc2cccnc12)c1ccccc1F.O=CO. The fraction of sp³-hybridized carbons (Fsp3) is 0. The van der Waals surface area contributed by atoms with Crippen molar-refractivity contribution in [2.45, 2.75) is 4.90 Å². The summed E-state index contributed by atoms with van der Waals surface area (Å²) in [7, 11) is 0. The van der Waals surface area contributed by atoms with Crippen molar-refractivity contribution in [3.8, 4) is 0 Å². The monoisotopic (exact) mass is 329 g/mol. The lowest BCUT2D eigenvalue weighted by molar-refractivity contribution is -0.122. The Bertz CT molecular complexity index is 833. The lowest BCUT2D eigenvalue weighted by Crippen LogP contribution is -1.97. The Morgan fingerprint density at radius 1 is 1.09 bits per heavy atom. The number of pyridine rings is 1. The predicted molar refractivity (Wildman–Crippen MR) is 87.0 cm³/mol. The van der Waals surface area contributed by atoms with Gasteiger partial charge in [-0.3, -0.25) is 14.6 Å². The van der Waals surface area contributed by atoms with Crippen molar-refractivity contribution in [3.63, 3.8) is 0 Å². The van der Waals surface area contributed by atoms with Crippen LogP contribution in [0.3, 0.4) is 0 Å². The number of carbonyl (C=O) groups excluding carboxylic acids is 1. The van der Waals surface area contributed by atoms with Crippen LogP contribution in [0.15, 0.2) is 65.7 Å². The molecule has 0 radical (unpaired) electrons. The summed E-state index contributed by atoms with van der Waals surface area (Å²) in [6, 6.07) is 15.4. The second-order valence-electron chi connectivity index (χ2n) is 4.31. The van der Waals surface area contributed by atoms with E-state index >= 15 is 0 Å². The third-order valence-corrected chi connectivity index (χ3v) is 3.85. The first-order chi connectivity index (χ1) is 11.2. The topological polar surface area (TPSA) is 67.3 Å². The molecular weight excluding hydrogens is 317 g/mol. The summed E-state index contributed by atoms with van der Waals surface area (Å²) in [5.41, 5.74) is 0.843. The summed E-state index contributed by atoms with van der Waals surface area (Å²) < 4.78 is 13.6. The Labute approximate surface area is 136 Å². The minimum absolute atomic E-state index is 0.0884. The maximum Gasteiger partial charge on any atom is 0.290 e. The molecule has 1 N–H and O–H groups in total. The van der Waals surface area contributed by atoms with Crippen molar-refractivity contribution in [1.29, 1.82) is 0 Å². The quantitative estimate of drug-likeness (QED) is 0.568. The largest absolute Gasteiger partial charge is 0.483 e. The summed E-state index contributed by atoms with van der Waals surface area (Å²) in [6.07, 6.45) is 1.68. The second kappa shape index (κ2) is 8.05. The van der Waals surface area contributed by atoms with E-state index in [1.807, 2.05) is 30.3 Å². The minimum Gasteiger partial charge on any atom is -0.483 e. The Morgan fingerprint density at radius 3 is 2.52 bits per heavy atom. The third-order valence-electron chi connectivity index (χ3n) is 2.89. The number of hydrogen-bond donors (Lipinski definition) is 1. The van der Waals surface area contributed by atoms with Gasteiger partial charge in [0.05, 0.1) is 11.1 Å². The van der Waals surface area contributed by atoms with Crippen LogP contribution in [0.4, 0.5) is 4.39 Å². The molecule has 0 unspecified atom stereocenters. The lowest BCUT2D eigenvalue weighted by Gasteiger charge is -2.05. The van der Waals surface area contributed by atoms with Crippen LogP contribution >= 0.6 is 11.8 Å². The number of rotatable bonds is 2. The molecule has 4 nitrogen and oxygen atoms in total. The zero-order valence-electron chi connectivity index (χ0n) is 11.8. The molecule has 0 bridgehead atoms. The highest BCUT2D eigenvalue weighted by Gasteiger charge is 2.14. The molecule has 0 aliphatic heterocycles. The van der Waals surface area contributed by atoms with Crippen LogP contribution in [-0.4, -0.2) is 21.7 Å². The molecule has 0 amide bonds. The normalized spacial score (nSPS) is 9.78. The first-order valence-electron chi connectivity index (χ1n) is 6.55. The molecule has 0 aliphatic rings. The van der Waals surface area contributed by atoms with Crippen LogP contribution in [0, 0.1) is 5.82 Å². The van der Waals surface area contributed by atoms with Gasteiger partial charge in [0.2, 0.25) is 5.12 Å². The lowest BCUT2D eigenvalue weighted by atomic mass is 10.2. The van der Waals surface area contributed by atoms with Gasteiger partial charge in [-0.05, 0) is 36.0 Å². The zero-order valence-corrected chi connectivity index (χ0v) is 12.7. The fourth-order valence-corrected chi connectivity index (χ4v) is 2.83. The molecule has 0 saturated carbocycles. The molecule has 1 aromatic heterocycles. The zero-order chi connectivity index (χ0) is 16.7. The highest BCUT2D eigenvalue weighted by Crippen LogP contribution is 2.29. The van der Waals surface area contributed by atoms with Gasteiger partial charge < -0.3 is 5.11 Å². The standard InChI is InChI=1S/C16H10FNOS.CH2O2/c17-13-8-2-1-7-12(13)16(19)20-14-9-3-5-11-6-4-10-18-15(11)14;2-1-3/h1-10H;1H,(H,2,3). The van der Waals surface area contributed by atoms with Gasteiger partial charge in [0.1, 0.15) is 5.82 Å². The van der Waals surface area contributed by atoms with Gasteiger partial charge in [-0.1, -0.05) is 30.3 Å². The van der Waals surface area contributed by atoms with Gasteiger partial charge in [0.15, 0.2) is 0 Å². The Kier molecular flexibility index (Phi) is 5.82. The van der Waals surface area contributed by atoms with Gasteiger partial charge >= 0.3 is 0 Å². The molecule has 3 rings (SSSR count). The second-order valence-corrected chi connectivity index (χ2v) is 5.32. The first-order valence-corrected chi connectivity index (χ1v) is 7.37. The number of benzene rings is 2. The number of para-hydroxylation sites is 1. The van der Waals surface area contributed by atoms with Crippen molar-refractivity contribution in [2.75, 3.05) is 0 Å². The van der Waals surface area contributed by atoms with Gasteiger partial charge in [-0.25, -0.2) is 4.39 Å². The number of nitrogens with zero attached hydrogens (tertiary/aromatic N) is 1. The molecule has 0 atom stereocenters. The molecule has 0 spiro atoms. The van der Waals surface area contributed by atoms with E-state index in [0.717, 1.165) is 27.6 Å². The molecule has 1 heterocycles. The Balaban J connectivity index is 0.000000595. The van der Waals surface area contributed by atoms with Crippen LogP contribution < -0.4 is 0 Å². The van der Waals surface area contributed by atoms with Crippen molar-refractivity contribution in [1.82, 2.24) is 4.98 Å². The van der Waals surface area contributed by atoms with Crippen molar-refractivity contribution >= 4 is 34.3 Å². The summed E-state index contributed by atoms with van der Waals surface area (Å²) in [6.45, 7) is -0.250. The van der Waals surface area contributed by atoms with E-state index in [1.54, 1.807) is 18.3 Å². The highest BCUT2D eigenvalue weighted by atomic mass is 32.2. The van der Waals surface area contributed by atoms with Crippen molar-refractivity contribution in [3.05, 3.63) is 72.2 Å². The first kappa shape index (κ1) is 16.6. The number of carbonyl (C=O) groups is 2. The molecular formula is C17H12FNO3S. The fourth-order valence-electron chi connectivity index (χ4n) is 1.94. The number of halogens is 1. The van der Waals surface area contributed by atoms with Gasteiger partial charge in [-0.15, -0.1) is 0 Å². The van der Waals surface area contributed by atoms with Crippen LogP contribution in [0.1, 0.15) is 10.4 Å². The summed E-state index contributed by atoms with van der Waals surface area (Å²) in [4.78, 5) is 25.6. The Hall–Kier alpha value is -2.73. The molecule has 0 aliphatic carbocycles. The van der Waals surface area contributed by atoms with Crippen molar-refractivity contribution in [2.24, 2.45) is 0 Å². The maximum absolute atomic E-state index is 13.6. The summed E-state index contributed by atoms with van der Waals surface area (Å²) >= 11 is 0.999. The van der Waals surface area contributed by atoms with Gasteiger partial charge in [-0.2, -0.15) is 0 Å². The highest BCUT2D eigenvalue weighted by molar-refractivity contribution is 8.14. The maximum atomic E-state index is 13.6. The third kappa shape index (κ3) is 4.14. The molecule has 0 saturated heterocycles. The van der Waals surface area contributed by atoms with Crippen molar-refractivity contribution < 1.29 is 19.1 Å². The van der Waals surface area contributed by atoms with Crippen LogP contribution in [0.25, 0.3) is 10.9 Å². The van der Waals surface area contributed by atoms with E-state index in [9.17, 15) is 9.18 Å². The Morgan fingerprint density at radius 2 is 1.78 bits per heavy atom. The van der Waals surface area contributed by atoms with E-state index in [1.165, 1.54) is 12.1 Å². The van der Waals surface area contributed by atoms with E-state index in [-0.39, 0.29) is 17.2 Å². The van der Waals surface area contributed by atoms with E-state index in [0.29, 0.717) is 0 Å². The molecule has 116 valence electrons. The number of hydrogen-bond acceptors (Lipinski definition) is 4. The molecule has 23 heavy (non-hydrogen) atoms. The molecule has 0 fully saturated rings. The van der Waals surface area contributed by atoms with Crippen LogP contribution in [0.2, 0.25) is 0 Å². The summed E-state index contributed by atoms with van der Waals surface area (Å²) in [5, 5.41) is 7.53. The number of fused-ring (bicyclic) bond motifs is 1. The van der Waals surface area contributed by atoms with Gasteiger partial charge in [0, 0.05) is 16.5 Å². The van der Waals surface area contributed by atoms with E-state index < -0.39 is 5.82 Å². The molecule has 3 aromatic rings. The van der Waals surface area contributed by atoms with E-state index in [2.05, 4.69) is 4.98 Å². The minimum atomic E-state index is -0.502. The van der Waals surface area contributed by atoms with Crippen LogP contribution in [-0.2, 0) is 4.79 Å². The van der Waals surface area contributed by atoms with E-state index in [4.69, 9.17) is 9.90 Å². The number of aromatic nitrogens is 1. The number of carboxylic acid groups (broad SMARTS) is 1. The number of thioether (sulfide) groups is 1. The summed E-state index contributed by atoms with van der Waals surface area (Å²) in [5.74, 6) is -0.502.